The highest BCUT2D eigenvalue weighted by Gasteiger charge is 2.23. The van der Waals surface area contributed by atoms with Gasteiger partial charge in [0.15, 0.2) is 0 Å². The summed E-state index contributed by atoms with van der Waals surface area (Å²) in [6, 6.07) is 5.48. The summed E-state index contributed by atoms with van der Waals surface area (Å²) < 4.78 is 14.1. The molecule has 1 heterocycles. The minimum atomic E-state index is -0.0958. The molecule has 1 aromatic carbocycles. The molecule has 0 saturated carbocycles. The monoisotopic (exact) mass is 264 g/mol. The highest BCUT2D eigenvalue weighted by Crippen LogP contribution is 2.28. The van der Waals surface area contributed by atoms with Gasteiger partial charge >= 0.3 is 0 Å². The first-order chi connectivity index (χ1) is 9.10. The molecule has 0 aromatic heterocycles. The van der Waals surface area contributed by atoms with Gasteiger partial charge in [0.25, 0.3) is 0 Å². The zero-order valence-electron chi connectivity index (χ0n) is 12.2. The average molecular weight is 264 g/mol. The summed E-state index contributed by atoms with van der Waals surface area (Å²) in [5, 5.41) is 3.29. The SMILES string of the molecule is CCNCc1ccc(F)c(N2CC(C)CC(C)C2)c1. The van der Waals surface area contributed by atoms with Crippen LogP contribution < -0.4 is 10.2 Å². The molecule has 1 aliphatic heterocycles. The third kappa shape index (κ3) is 3.69. The number of nitrogens with one attached hydrogen (secondary N) is 1. The second-order valence-electron chi connectivity index (χ2n) is 5.92. The van der Waals surface area contributed by atoms with E-state index >= 15 is 0 Å². The molecule has 1 fully saturated rings. The lowest BCUT2D eigenvalue weighted by Crippen LogP contribution is -2.39. The fourth-order valence-electron chi connectivity index (χ4n) is 3.04. The molecule has 3 heteroatoms. The second-order valence-corrected chi connectivity index (χ2v) is 5.92. The Morgan fingerprint density at radius 3 is 2.58 bits per heavy atom. The minimum absolute atomic E-state index is 0.0958. The van der Waals surface area contributed by atoms with E-state index in [-0.39, 0.29) is 5.82 Å². The first-order valence-electron chi connectivity index (χ1n) is 7.34. The van der Waals surface area contributed by atoms with Crippen molar-refractivity contribution in [3.8, 4) is 0 Å². The van der Waals surface area contributed by atoms with Crippen LogP contribution >= 0.6 is 0 Å². The van der Waals surface area contributed by atoms with Crippen molar-refractivity contribution < 1.29 is 4.39 Å². The molecule has 2 unspecified atom stereocenters. The van der Waals surface area contributed by atoms with E-state index < -0.39 is 0 Å². The van der Waals surface area contributed by atoms with Crippen molar-refractivity contribution in [1.29, 1.82) is 0 Å². The van der Waals surface area contributed by atoms with Gasteiger partial charge in [0.05, 0.1) is 5.69 Å². The van der Waals surface area contributed by atoms with Crippen LogP contribution in [0.2, 0.25) is 0 Å². The van der Waals surface area contributed by atoms with Crippen molar-refractivity contribution in [3.05, 3.63) is 29.6 Å². The van der Waals surface area contributed by atoms with E-state index in [0.717, 1.165) is 37.4 Å². The number of nitrogens with zero attached hydrogens (tertiary/aromatic N) is 1. The normalized spacial score (nSPS) is 23.7. The molecular formula is C16H25FN2. The first kappa shape index (κ1) is 14.3. The van der Waals surface area contributed by atoms with Crippen molar-refractivity contribution in [3.63, 3.8) is 0 Å². The zero-order chi connectivity index (χ0) is 13.8. The van der Waals surface area contributed by atoms with Crippen molar-refractivity contribution in [2.24, 2.45) is 11.8 Å². The molecule has 0 spiro atoms. The Morgan fingerprint density at radius 2 is 1.95 bits per heavy atom. The Bertz CT molecular complexity index is 409. The fourth-order valence-corrected chi connectivity index (χ4v) is 3.04. The van der Waals surface area contributed by atoms with Crippen LogP contribution in [0.15, 0.2) is 18.2 Å². The summed E-state index contributed by atoms with van der Waals surface area (Å²) in [5.74, 6) is 1.18. The van der Waals surface area contributed by atoms with Gasteiger partial charge in [-0.05, 0) is 42.5 Å². The Kier molecular flexibility index (Phi) is 4.81. The van der Waals surface area contributed by atoms with E-state index in [0.29, 0.717) is 11.8 Å². The maximum absolute atomic E-state index is 14.1. The first-order valence-corrected chi connectivity index (χ1v) is 7.34. The minimum Gasteiger partial charge on any atom is -0.369 e. The van der Waals surface area contributed by atoms with Gasteiger partial charge < -0.3 is 10.2 Å². The van der Waals surface area contributed by atoms with Crippen molar-refractivity contribution >= 4 is 5.69 Å². The molecule has 0 aliphatic carbocycles. The maximum atomic E-state index is 14.1. The Balaban J connectivity index is 2.17. The van der Waals surface area contributed by atoms with Crippen LogP contribution in [0.25, 0.3) is 0 Å². The molecule has 1 aliphatic rings. The van der Waals surface area contributed by atoms with Crippen molar-refractivity contribution in [1.82, 2.24) is 5.32 Å². The zero-order valence-corrected chi connectivity index (χ0v) is 12.2. The predicted molar refractivity (Wildman–Crippen MR) is 78.9 cm³/mol. The second kappa shape index (κ2) is 6.38. The number of anilines is 1. The molecule has 1 saturated heterocycles. The fraction of sp³-hybridized carbons (Fsp3) is 0.625. The maximum Gasteiger partial charge on any atom is 0.146 e. The molecule has 19 heavy (non-hydrogen) atoms. The molecule has 1 aromatic rings. The third-order valence-corrected chi connectivity index (χ3v) is 3.80. The molecule has 1 N–H and O–H groups in total. The topological polar surface area (TPSA) is 15.3 Å². The lowest BCUT2D eigenvalue weighted by molar-refractivity contribution is 0.354. The molecule has 2 nitrogen and oxygen atoms in total. The van der Waals surface area contributed by atoms with E-state index in [4.69, 9.17) is 0 Å². The van der Waals surface area contributed by atoms with Crippen LogP contribution in [0.5, 0.6) is 0 Å². The van der Waals surface area contributed by atoms with Gasteiger partial charge in [0, 0.05) is 19.6 Å². The van der Waals surface area contributed by atoms with E-state index in [1.807, 2.05) is 12.1 Å². The van der Waals surface area contributed by atoms with Gasteiger partial charge in [0.1, 0.15) is 5.82 Å². The quantitative estimate of drug-likeness (QED) is 0.896. The van der Waals surface area contributed by atoms with Crippen LogP contribution in [-0.4, -0.2) is 19.6 Å². The van der Waals surface area contributed by atoms with Crippen LogP contribution in [0.4, 0.5) is 10.1 Å². The Labute approximate surface area is 116 Å². The number of halogens is 1. The molecule has 2 rings (SSSR count). The van der Waals surface area contributed by atoms with Gasteiger partial charge in [-0.2, -0.15) is 0 Å². The van der Waals surface area contributed by atoms with Gasteiger partial charge in [-0.15, -0.1) is 0 Å². The highest BCUT2D eigenvalue weighted by molar-refractivity contribution is 5.50. The average Bonchev–Trinajstić information content (AvgIpc) is 2.36. The van der Waals surface area contributed by atoms with E-state index in [2.05, 4.69) is 31.0 Å². The molecule has 106 valence electrons. The lowest BCUT2D eigenvalue weighted by atomic mass is 9.91. The number of piperidine rings is 1. The van der Waals surface area contributed by atoms with Gasteiger partial charge in [-0.3, -0.25) is 0 Å². The van der Waals surface area contributed by atoms with Gasteiger partial charge in [0.2, 0.25) is 0 Å². The summed E-state index contributed by atoms with van der Waals surface area (Å²) in [6.45, 7) is 10.3. The van der Waals surface area contributed by atoms with Crippen molar-refractivity contribution in [2.75, 3.05) is 24.5 Å². The lowest BCUT2D eigenvalue weighted by Gasteiger charge is -2.37. The molecule has 0 bridgehead atoms. The van der Waals surface area contributed by atoms with Crippen LogP contribution in [0, 0.1) is 17.7 Å². The summed E-state index contributed by atoms with van der Waals surface area (Å²) >= 11 is 0. The van der Waals surface area contributed by atoms with E-state index in [9.17, 15) is 4.39 Å². The number of rotatable bonds is 4. The standard InChI is InChI=1S/C16H25FN2/c1-4-18-9-14-5-6-15(17)16(8-14)19-10-12(2)7-13(3)11-19/h5-6,8,12-13,18H,4,7,9-11H2,1-3H3. The summed E-state index contributed by atoms with van der Waals surface area (Å²) in [6.07, 6.45) is 1.25. The number of benzene rings is 1. The molecule has 2 atom stereocenters. The Morgan fingerprint density at radius 1 is 1.26 bits per heavy atom. The smallest absolute Gasteiger partial charge is 0.146 e. The molecular weight excluding hydrogens is 239 g/mol. The van der Waals surface area contributed by atoms with Gasteiger partial charge in [-0.25, -0.2) is 4.39 Å². The van der Waals surface area contributed by atoms with E-state index in [1.54, 1.807) is 6.07 Å². The van der Waals surface area contributed by atoms with Crippen molar-refractivity contribution in [2.45, 2.75) is 33.7 Å². The number of hydrogen-bond acceptors (Lipinski definition) is 2. The summed E-state index contributed by atoms with van der Waals surface area (Å²) in [7, 11) is 0. The highest BCUT2D eigenvalue weighted by atomic mass is 19.1. The molecule has 0 radical (unpaired) electrons. The van der Waals surface area contributed by atoms with Crippen LogP contribution in [-0.2, 0) is 6.54 Å². The van der Waals surface area contributed by atoms with E-state index in [1.165, 1.54) is 6.42 Å². The largest absolute Gasteiger partial charge is 0.369 e. The van der Waals surface area contributed by atoms with Crippen LogP contribution in [0.1, 0.15) is 32.8 Å². The van der Waals surface area contributed by atoms with Gasteiger partial charge in [-0.1, -0.05) is 26.8 Å². The number of hydrogen-bond donors (Lipinski definition) is 1. The molecule has 0 amide bonds. The summed E-state index contributed by atoms with van der Waals surface area (Å²) in [5.41, 5.74) is 1.93. The predicted octanol–water partition coefficient (Wildman–Crippen LogP) is 3.42. The third-order valence-electron chi connectivity index (χ3n) is 3.80. The van der Waals surface area contributed by atoms with Crippen LogP contribution in [0.3, 0.4) is 0 Å². The Hall–Kier alpha value is -1.09. The summed E-state index contributed by atoms with van der Waals surface area (Å²) in [4.78, 5) is 2.21.